The first kappa shape index (κ1) is 11.7. The van der Waals surface area contributed by atoms with E-state index >= 15 is 0 Å². The molecule has 0 unspecified atom stereocenters. The molecule has 4 nitrogen and oxygen atoms in total. The fourth-order valence-electron chi connectivity index (χ4n) is 1.48. The van der Waals surface area contributed by atoms with E-state index in [1.54, 1.807) is 0 Å². The molecule has 0 aliphatic heterocycles. The maximum Gasteiger partial charge on any atom is 0.335 e. The summed E-state index contributed by atoms with van der Waals surface area (Å²) in [6.45, 7) is 1.42. The van der Waals surface area contributed by atoms with Crippen LogP contribution in [-0.4, -0.2) is 18.2 Å². The van der Waals surface area contributed by atoms with Crippen LogP contribution in [0.3, 0.4) is 0 Å². The molecule has 0 spiro atoms. The number of hydrogen-bond donors (Lipinski definition) is 0. The van der Waals surface area contributed by atoms with Crippen LogP contribution >= 0.6 is 0 Å². The van der Waals surface area contributed by atoms with Crippen LogP contribution in [0, 0.1) is 12.7 Å². The topological polar surface area (TPSA) is 52.0 Å². The van der Waals surface area contributed by atoms with Gasteiger partial charge in [0.05, 0.1) is 17.6 Å². The van der Waals surface area contributed by atoms with Crippen LogP contribution in [0.15, 0.2) is 35.4 Å². The summed E-state index contributed by atoms with van der Waals surface area (Å²) in [6, 6.07) is 5.26. The third kappa shape index (κ3) is 2.19. The van der Waals surface area contributed by atoms with Gasteiger partial charge in [0.15, 0.2) is 0 Å². The van der Waals surface area contributed by atoms with Crippen molar-refractivity contribution in [2.45, 2.75) is 11.8 Å². The molecule has 0 radical (unpaired) electrons. The molecule has 0 fully saturated rings. The van der Waals surface area contributed by atoms with Gasteiger partial charge in [-0.15, -0.1) is 3.89 Å². The van der Waals surface area contributed by atoms with Crippen LogP contribution in [0.25, 0.3) is 5.69 Å². The maximum absolute atomic E-state index is 12.8. The smallest absolute Gasteiger partial charge is 0.237 e. The van der Waals surface area contributed by atoms with Crippen molar-refractivity contribution < 1.29 is 16.7 Å². The zero-order valence-corrected chi connectivity index (χ0v) is 9.58. The van der Waals surface area contributed by atoms with E-state index in [1.807, 2.05) is 0 Å². The number of rotatable bonds is 2. The fourth-order valence-corrected chi connectivity index (χ4v) is 2.09. The lowest BCUT2D eigenvalue weighted by molar-refractivity contribution is 0.551. The highest BCUT2D eigenvalue weighted by Gasteiger charge is 2.20. The summed E-state index contributed by atoms with van der Waals surface area (Å²) < 4.78 is 48.3. The van der Waals surface area contributed by atoms with Gasteiger partial charge in [-0.25, -0.2) is 9.07 Å². The van der Waals surface area contributed by atoms with Crippen molar-refractivity contribution in [3.8, 4) is 5.69 Å². The quantitative estimate of drug-likeness (QED) is 0.774. The molecule has 0 amide bonds. The Labute approximate surface area is 96.7 Å². The summed E-state index contributed by atoms with van der Waals surface area (Å²) >= 11 is 0. The summed E-state index contributed by atoms with van der Waals surface area (Å²) in [4.78, 5) is -0.484. The van der Waals surface area contributed by atoms with Gasteiger partial charge in [-0.3, -0.25) is 0 Å². The summed E-state index contributed by atoms with van der Waals surface area (Å²) in [5.74, 6) is -0.420. The molecule has 0 saturated heterocycles. The molecular weight excluding hydrogens is 250 g/mol. The van der Waals surface area contributed by atoms with E-state index in [2.05, 4.69) is 5.10 Å². The number of halogens is 2. The van der Waals surface area contributed by atoms with Gasteiger partial charge in [0.1, 0.15) is 10.7 Å². The number of benzene rings is 1. The van der Waals surface area contributed by atoms with E-state index in [1.165, 1.54) is 35.9 Å². The van der Waals surface area contributed by atoms with Gasteiger partial charge in [-0.1, -0.05) is 0 Å². The van der Waals surface area contributed by atoms with Crippen molar-refractivity contribution in [2.24, 2.45) is 0 Å². The molecule has 1 aromatic carbocycles. The largest absolute Gasteiger partial charge is 0.335 e. The molecule has 0 N–H and O–H groups in total. The van der Waals surface area contributed by atoms with Gasteiger partial charge in [0, 0.05) is 0 Å². The number of nitrogens with zero attached hydrogens (tertiary/aromatic N) is 2. The molecule has 0 saturated carbocycles. The Bertz CT molecular complexity index is 647. The Morgan fingerprint density at radius 2 is 1.82 bits per heavy atom. The van der Waals surface area contributed by atoms with Crippen LogP contribution in [0.5, 0.6) is 0 Å². The zero-order chi connectivity index (χ0) is 12.6. The van der Waals surface area contributed by atoms with Gasteiger partial charge in [-0.2, -0.15) is 13.5 Å². The lowest BCUT2D eigenvalue weighted by Gasteiger charge is -2.03. The van der Waals surface area contributed by atoms with Gasteiger partial charge in [0.2, 0.25) is 0 Å². The van der Waals surface area contributed by atoms with E-state index in [9.17, 15) is 16.7 Å². The van der Waals surface area contributed by atoms with Crippen LogP contribution < -0.4 is 0 Å². The minimum absolute atomic E-state index is 0.138. The molecule has 1 heterocycles. The van der Waals surface area contributed by atoms with Crippen LogP contribution in [0.2, 0.25) is 0 Å². The molecule has 2 aromatic rings. The van der Waals surface area contributed by atoms with E-state index in [4.69, 9.17) is 0 Å². The predicted molar refractivity (Wildman–Crippen MR) is 56.6 cm³/mol. The van der Waals surface area contributed by atoms with E-state index in [0.717, 1.165) is 6.20 Å². The molecular formula is C10H8F2N2O2S. The Kier molecular flexibility index (Phi) is 2.70. The van der Waals surface area contributed by atoms with E-state index in [0.29, 0.717) is 5.69 Å². The summed E-state index contributed by atoms with van der Waals surface area (Å²) in [5.41, 5.74) is 0.595. The lowest BCUT2D eigenvalue weighted by atomic mass is 10.3. The highest BCUT2D eigenvalue weighted by Crippen LogP contribution is 2.20. The average Bonchev–Trinajstić information content (AvgIpc) is 2.61. The normalized spacial score (nSPS) is 11.7. The molecule has 7 heteroatoms. The van der Waals surface area contributed by atoms with E-state index in [-0.39, 0.29) is 5.69 Å². The minimum atomic E-state index is -4.79. The second kappa shape index (κ2) is 3.92. The summed E-state index contributed by atoms with van der Waals surface area (Å²) in [7, 11) is -4.79. The molecule has 0 bridgehead atoms. The summed E-state index contributed by atoms with van der Waals surface area (Å²) in [6.07, 6.45) is 0.925. The van der Waals surface area contributed by atoms with Crippen molar-refractivity contribution in [3.63, 3.8) is 0 Å². The Balaban J connectivity index is 2.55. The van der Waals surface area contributed by atoms with Gasteiger partial charge in [0.25, 0.3) is 0 Å². The highest BCUT2D eigenvalue weighted by molar-refractivity contribution is 7.86. The highest BCUT2D eigenvalue weighted by atomic mass is 32.3. The predicted octanol–water partition coefficient (Wildman–Crippen LogP) is 1.98. The molecule has 0 atom stereocenters. The Hall–Kier alpha value is -1.76. The second-order valence-electron chi connectivity index (χ2n) is 3.42. The Morgan fingerprint density at radius 1 is 1.24 bits per heavy atom. The lowest BCUT2D eigenvalue weighted by Crippen LogP contribution is -2.00. The van der Waals surface area contributed by atoms with Crippen molar-refractivity contribution >= 4 is 10.2 Å². The molecule has 0 aliphatic carbocycles. The van der Waals surface area contributed by atoms with Crippen LogP contribution in [-0.2, 0) is 10.2 Å². The fraction of sp³-hybridized carbons (Fsp3) is 0.100. The molecule has 90 valence electrons. The molecule has 1 aromatic heterocycles. The SMILES string of the molecule is Cc1c(S(=O)(=O)F)cnn1-c1ccc(F)cc1. The first-order valence-corrected chi connectivity index (χ1v) is 6.03. The standard InChI is InChI=1S/C10H8F2N2O2S/c1-7-10(17(12,15)16)6-13-14(7)9-4-2-8(11)3-5-9/h2-6H,1H3. The van der Waals surface area contributed by atoms with Crippen molar-refractivity contribution in [2.75, 3.05) is 0 Å². The molecule has 2 rings (SSSR count). The van der Waals surface area contributed by atoms with Crippen LogP contribution in [0.1, 0.15) is 5.69 Å². The Morgan fingerprint density at radius 3 is 2.29 bits per heavy atom. The van der Waals surface area contributed by atoms with Crippen LogP contribution in [0.4, 0.5) is 8.28 Å². The van der Waals surface area contributed by atoms with E-state index < -0.39 is 20.9 Å². The monoisotopic (exact) mass is 258 g/mol. The first-order chi connectivity index (χ1) is 7.89. The molecule has 17 heavy (non-hydrogen) atoms. The molecule has 0 aliphatic rings. The third-order valence-corrected chi connectivity index (χ3v) is 3.22. The number of aromatic nitrogens is 2. The second-order valence-corrected chi connectivity index (χ2v) is 4.74. The third-order valence-electron chi connectivity index (χ3n) is 2.30. The van der Waals surface area contributed by atoms with Gasteiger partial charge < -0.3 is 0 Å². The maximum atomic E-state index is 12.8. The van der Waals surface area contributed by atoms with Crippen molar-refractivity contribution in [1.29, 1.82) is 0 Å². The van der Waals surface area contributed by atoms with Gasteiger partial charge >= 0.3 is 10.2 Å². The number of hydrogen-bond acceptors (Lipinski definition) is 3. The average molecular weight is 258 g/mol. The van der Waals surface area contributed by atoms with Crippen molar-refractivity contribution in [3.05, 3.63) is 42.0 Å². The minimum Gasteiger partial charge on any atom is -0.237 e. The zero-order valence-electron chi connectivity index (χ0n) is 8.76. The summed E-state index contributed by atoms with van der Waals surface area (Å²) in [5, 5.41) is 3.76. The van der Waals surface area contributed by atoms with Crippen molar-refractivity contribution in [1.82, 2.24) is 9.78 Å². The van der Waals surface area contributed by atoms with Gasteiger partial charge in [-0.05, 0) is 31.2 Å². The first-order valence-electron chi connectivity index (χ1n) is 4.65.